The second kappa shape index (κ2) is 2.83. The third-order valence-electron chi connectivity index (χ3n) is 2.31. The van der Waals surface area contributed by atoms with Gasteiger partial charge in [0, 0.05) is 11.3 Å². The third-order valence-corrected chi connectivity index (χ3v) is 2.31. The van der Waals surface area contributed by atoms with Crippen LogP contribution in [-0.4, -0.2) is 15.0 Å². The number of aromatic nitrogens is 3. The van der Waals surface area contributed by atoms with Gasteiger partial charge < -0.3 is 4.98 Å². The van der Waals surface area contributed by atoms with Crippen molar-refractivity contribution in [1.82, 2.24) is 15.0 Å². The summed E-state index contributed by atoms with van der Waals surface area (Å²) in [5.74, 6) is 0.956. The molecule has 2 heterocycles. The van der Waals surface area contributed by atoms with E-state index in [0.717, 1.165) is 29.0 Å². The van der Waals surface area contributed by atoms with Crippen molar-refractivity contribution in [2.24, 2.45) is 0 Å². The summed E-state index contributed by atoms with van der Waals surface area (Å²) in [6, 6.07) is 0. The molecule has 0 amide bonds. The number of aromatic amines is 1. The molecule has 2 aromatic heterocycles. The molecular weight excluding hydrogens is 162 g/mol. The van der Waals surface area contributed by atoms with Crippen molar-refractivity contribution >= 4 is 11.0 Å². The molecule has 3 nitrogen and oxygen atoms in total. The summed E-state index contributed by atoms with van der Waals surface area (Å²) in [5, 5.41) is 0. The zero-order chi connectivity index (χ0) is 9.42. The number of hydrogen-bond donors (Lipinski definition) is 1. The van der Waals surface area contributed by atoms with Gasteiger partial charge in [0.1, 0.15) is 5.82 Å². The van der Waals surface area contributed by atoms with Crippen molar-refractivity contribution < 1.29 is 0 Å². The molecule has 0 atom stereocenters. The number of aryl methyl sites for hydroxylation is 3. The molecule has 0 aliphatic rings. The van der Waals surface area contributed by atoms with Crippen LogP contribution in [0.25, 0.3) is 11.0 Å². The highest BCUT2D eigenvalue weighted by atomic mass is 14.9. The van der Waals surface area contributed by atoms with E-state index < -0.39 is 0 Å². The summed E-state index contributed by atoms with van der Waals surface area (Å²) in [5.41, 5.74) is 4.45. The first-order valence-electron chi connectivity index (χ1n) is 4.53. The van der Waals surface area contributed by atoms with Gasteiger partial charge in [0.15, 0.2) is 0 Å². The molecule has 13 heavy (non-hydrogen) atoms. The van der Waals surface area contributed by atoms with Gasteiger partial charge in [-0.2, -0.15) is 0 Å². The second-order valence-corrected chi connectivity index (χ2v) is 3.26. The lowest BCUT2D eigenvalue weighted by Crippen LogP contribution is -1.91. The minimum absolute atomic E-state index is 0.956. The topological polar surface area (TPSA) is 41.6 Å². The molecule has 0 aromatic carbocycles. The Bertz CT molecular complexity index is 443. The monoisotopic (exact) mass is 175 g/mol. The largest absolute Gasteiger partial charge is 0.341 e. The smallest absolute Gasteiger partial charge is 0.104 e. The molecule has 0 aliphatic carbocycles. The van der Waals surface area contributed by atoms with E-state index in [2.05, 4.69) is 21.9 Å². The molecule has 2 rings (SSSR count). The molecule has 68 valence electrons. The lowest BCUT2D eigenvalue weighted by molar-refractivity contribution is 1.06. The molecule has 0 unspecified atom stereocenters. The van der Waals surface area contributed by atoms with E-state index in [1.807, 2.05) is 20.0 Å². The Balaban J connectivity index is 2.82. The highest BCUT2D eigenvalue weighted by molar-refractivity contribution is 5.78. The van der Waals surface area contributed by atoms with E-state index in [1.165, 1.54) is 5.56 Å². The van der Waals surface area contributed by atoms with Crippen LogP contribution in [0.5, 0.6) is 0 Å². The molecule has 0 saturated carbocycles. The Morgan fingerprint density at radius 2 is 2.15 bits per heavy atom. The van der Waals surface area contributed by atoms with Crippen LogP contribution in [0.1, 0.15) is 24.0 Å². The molecule has 0 saturated heterocycles. The molecule has 0 spiro atoms. The Kier molecular flexibility index (Phi) is 1.79. The Hall–Kier alpha value is -1.38. The lowest BCUT2D eigenvalue weighted by Gasteiger charge is -2.01. The number of fused-ring (bicyclic) bond motifs is 1. The average Bonchev–Trinajstić information content (AvgIpc) is 2.45. The fraction of sp³-hybridized carbons (Fsp3) is 0.400. The van der Waals surface area contributed by atoms with Gasteiger partial charge in [0.2, 0.25) is 0 Å². The predicted molar refractivity (Wildman–Crippen MR) is 52.7 cm³/mol. The summed E-state index contributed by atoms with van der Waals surface area (Å²) in [6.45, 7) is 6.13. The lowest BCUT2D eigenvalue weighted by atomic mass is 10.1. The first-order chi connectivity index (χ1) is 6.22. The highest BCUT2D eigenvalue weighted by Gasteiger charge is 2.07. The summed E-state index contributed by atoms with van der Waals surface area (Å²) in [7, 11) is 0. The van der Waals surface area contributed by atoms with Gasteiger partial charge in [0.25, 0.3) is 0 Å². The van der Waals surface area contributed by atoms with Gasteiger partial charge in [-0.05, 0) is 20.3 Å². The van der Waals surface area contributed by atoms with E-state index in [4.69, 9.17) is 0 Å². The fourth-order valence-electron chi connectivity index (χ4n) is 1.67. The van der Waals surface area contributed by atoms with Crippen molar-refractivity contribution in [3.05, 3.63) is 23.3 Å². The fourth-order valence-corrected chi connectivity index (χ4v) is 1.67. The molecule has 0 aliphatic heterocycles. The Morgan fingerprint density at radius 3 is 2.85 bits per heavy atom. The van der Waals surface area contributed by atoms with E-state index in [9.17, 15) is 0 Å². The zero-order valence-electron chi connectivity index (χ0n) is 8.18. The molecular formula is C10H13N3. The Morgan fingerprint density at radius 1 is 1.38 bits per heavy atom. The molecule has 2 aromatic rings. The molecule has 1 N–H and O–H groups in total. The zero-order valence-corrected chi connectivity index (χ0v) is 8.18. The highest BCUT2D eigenvalue weighted by Crippen LogP contribution is 2.18. The Labute approximate surface area is 77.2 Å². The molecule has 3 heteroatoms. The third kappa shape index (κ3) is 1.20. The number of rotatable bonds is 1. The van der Waals surface area contributed by atoms with Crippen molar-refractivity contribution in [1.29, 1.82) is 0 Å². The van der Waals surface area contributed by atoms with Crippen molar-refractivity contribution in [2.45, 2.75) is 27.2 Å². The van der Waals surface area contributed by atoms with Gasteiger partial charge in [-0.15, -0.1) is 0 Å². The number of nitrogens with zero attached hydrogens (tertiary/aromatic N) is 2. The maximum Gasteiger partial charge on any atom is 0.104 e. The van der Waals surface area contributed by atoms with Crippen molar-refractivity contribution in [3.63, 3.8) is 0 Å². The van der Waals surface area contributed by atoms with Crippen LogP contribution < -0.4 is 0 Å². The summed E-state index contributed by atoms with van der Waals surface area (Å²) >= 11 is 0. The second-order valence-electron chi connectivity index (χ2n) is 3.26. The predicted octanol–water partition coefficient (Wildman–Crippen LogP) is 2.14. The quantitative estimate of drug-likeness (QED) is 0.721. The first kappa shape index (κ1) is 8.23. The maximum absolute atomic E-state index is 4.45. The first-order valence-corrected chi connectivity index (χ1v) is 4.53. The van der Waals surface area contributed by atoms with Crippen LogP contribution in [0.15, 0.2) is 6.20 Å². The van der Waals surface area contributed by atoms with E-state index >= 15 is 0 Å². The standard InChI is InChI=1S/C10H13N3/c1-4-8-6(2)11-5-9-10(8)13-7(3)12-9/h5H,4H2,1-3H3,(H,12,13). The van der Waals surface area contributed by atoms with Crippen LogP contribution in [0.3, 0.4) is 0 Å². The average molecular weight is 175 g/mol. The van der Waals surface area contributed by atoms with Crippen molar-refractivity contribution in [3.8, 4) is 0 Å². The van der Waals surface area contributed by atoms with Crippen LogP contribution in [0, 0.1) is 13.8 Å². The number of hydrogen-bond acceptors (Lipinski definition) is 2. The van der Waals surface area contributed by atoms with Gasteiger partial charge in [0.05, 0.1) is 17.2 Å². The normalized spacial score (nSPS) is 11.0. The minimum atomic E-state index is 0.956. The van der Waals surface area contributed by atoms with Crippen LogP contribution in [0.2, 0.25) is 0 Å². The van der Waals surface area contributed by atoms with Crippen molar-refractivity contribution in [2.75, 3.05) is 0 Å². The van der Waals surface area contributed by atoms with Gasteiger partial charge in [-0.3, -0.25) is 4.98 Å². The SMILES string of the molecule is CCc1c(C)ncc2[nH]c(C)nc12. The van der Waals surface area contributed by atoms with Crippen LogP contribution in [0.4, 0.5) is 0 Å². The van der Waals surface area contributed by atoms with Gasteiger partial charge >= 0.3 is 0 Å². The molecule has 0 radical (unpaired) electrons. The van der Waals surface area contributed by atoms with Crippen LogP contribution in [-0.2, 0) is 6.42 Å². The van der Waals surface area contributed by atoms with E-state index in [-0.39, 0.29) is 0 Å². The van der Waals surface area contributed by atoms with Gasteiger partial charge in [-0.1, -0.05) is 6.92 Å². The summed E-state index contributed by atoms with van der Waals surface area (Å²) in [4.78, 5) is 12.0. The summed E-state index contributed by atoms with van der Waals surface area (Å²) < 4.78 is 0. The number of nitrogens with one attached hydrogen (secondary N) is 1. The van der Waals surface area contributed by atoms with Gasteiger partial charge in [-0.25, -0.2) is 4.98 Å². The number of imidazole rings is 1. The minimum Gasteiger partial charge on any atom is -0.341 e. The maximum atomic E-state index is 4.45. The summed E-state index contributed by atoms with van der Waals surface area (Å²) in [6.07, 6.45) is 2.84. The molecule has 0 fully saturated rings. The number of H-pyrrole nitrogens is 1. The van der Waals surface area contributed by atoms with Crippen LogP contribution >= 0.6 is 0 Å². The number of pyridine rings is 1. The van der Waals surface area contributed by atoms with E-state index in [1.54, 1.807) is 0 Å². The van der Waals surface area contributed by atoms with E-state index in [0.29, 0.717) is 0 Å². The molecule has 0 bridgehead atoms.